The molecule has 3 aromatic heterocycles. The van der Waals surface area contributed by atoms with Gasteiger partial charge in [-0.15, -0.1) is 22.7 Å². The van der Waals surface area contributed by atoms with E-state index >= 15 is 0 Å². The highest BCUT2D eigenvalue weighted by Crippen LogP contribution is 2.30. The van der Waals surface area contributed by atoms with Crippen molar-refractivity contribution in [2.45, 2.75) is 13.0 Å². The largest absolute Gasteiger partial charge is 0.349 e. The van der Waals surface area contributed by atoms with Crippen molar-refractivity contribution in [1.82, 2.24) is 20.0 Å². The van der Waals surface area contributed by atoms with Crippen LogP contribution in [0.2, 0.25) is 5.02 Å². The first kappa shape index (κ1) is 18.3. The van der Waals surface area contributed by atoms with Crippen molar-refractivity contribution in [3.05, 3.63) is 38.7 Å². The summed E-state index contributed by atoms with van der Waals surface area (Å²) in [7, 11) is -3.37. The molecule has 3 rings (SSSR count). The Morgan fingerprint density at radius 3 is 2.88 bits per heavy atom. The Labute approximate surface area is 157 Å². The van der Waals surface area contributed by atoms with Gasteiger partial charge in [0.15, 0.2) is 0 Å². The third-order valence-corrected chi connectivity index (χ3v) is 7.11. The number of aromatic nitrogens is 2. The molecule has 0 spiro atoms. The molecule has 0 saturated heterocycles. The number of H-pyrrole nitrogens is 1. The molecular weight excluding hydrogens is 404 g/mol. The first-order chi connectivity index (χ1) is 11.9. The van der Waals surface area contributed by atoms with Gasteiger partial charge in [-0.1, -0.05) is 11.6 Å². The van der Waals surface area contributed by atoms with Gasteiger partial charge in [0.05, 0.1) is 27.0 Å². The van der Waals surface area contributed by atoms with Gasteiger partial charge in [-0.3, -0.25) is 4.79 Å². The number of sulfonamides is 1. The average molecular weight is 419 g/mol. The van der Waals surface area contributed by atoms with Crippen molar-refractivity contribution in [3.8, 4) is 0 Å². The molecule has 0 aliphatic carbocycles. The van der Waals surface area contributed by atoms with E-state index in [9.17, 15) is 13.2 Å². The number of thiazole rings is 1. The molecule has 0 saturated carbocycles. The number of hydrogen-bond donors (Lipinski definition) is 3. The van der Waals surface area contributed by atoms with E-state index in [2.05, 4.69) is 20.0 Å². The number of nitrogens with one attached hydrogen (secondary N) is 3. The number of rotatable bonds is 7. The highest BCUT2D eigenvalue weighted by Gasteiger charge is 2.21. The van der Waals surface area contributed by atoms with E-state index in [1.165, 1.54) is 22.7 Å². The first-order valence-corrected chi connectivity index (χ1v) is 11.1. The maximum atomic E-state index is 12.5. The van der Waals surface area contributed by atoms with Crippen LogP contribution in [-0.4, -0.2) is 36.6 Å². The third-order valence-electron chi connectivity index (χ3n) is 3.50. The Morgan fingerprint density at radius 1 is 1.44 bits per heavy atom. The predicted molar refractivity (Wildman–Crippen MR) is 101 cm³/mol. The van der Waals surface area contributed by atoms with Gasteiger partial charge in [0, 0.05) is 23.5 Å². The van der Waals surface area contributed by atoms with Crippen LogP contribution in [-0.2, 0) is 10.0 Å². The number of thiophene rings is 1. The standard InChI is InChI=1S/C14H15ClN4O3S3/c1-2-25(21,22)17-6-10(14-16-3-4-23-14)19-13(20)9-5-11-12(18-9)8(15)7-24-11/h3-5,7,10,17-18H,2,6H2,1H3,(H,19,20). The van der Waals surface area contributed by atoms with Crippen molar-refractivity contribution in [3.63, 3.8) is 0 Å². The molecule has 0 aromatic carbocycles. The van der Waals surface area contributed by atoms with Crippen LogP contribution in [0.25, 0.3) is 10.2 Å². The monoisotopic (exact) mass is 418 g/mol. The van der Waals surface area contributed by atoms with E-state index in [-0.39, 0.29) is 18.2 Å². The molecule has 25 heavy (non-hydrogen) atoms. The second-order valence-corrected chi connectivity index (χ2v) is 9.49. The summed E-state index contributed by atoms with van der Waals surface area (Å²) in [6.07, 6.45) is 1.61. The van der Waals surface area contributed by atoms with Crippen LogP contribution in [0.15, 0.2) is 23.0 Å². The molecule has 3 heterocycles. The molecule has 1 atom stereocenters. The van der Waals surface area contributed by atoms with Crippen molar-refractivity contribution in [2.24, 2.45) is 0 Å². The Morgan fingerprint density at radius 2 is 2.24 bits per heavy atom. The highest BCUT2D eigenvalue weighted by molar-refractivity contribution is 7.89. The van der Waals surface area contributed by atoms with Gasteiger partial charge < -0.3 is 10.3 Å². The molecule has 0 radical (unpaired) electrons. The lowest BCUT2D eigenvalue weighted by Crippen LogP contribution is -2.38. The number of amides is 1. The molecule has 1 unspecified atom stereocenters. The van der Waals surface area contributed by atoms with Gasteiger partial charge in [0.2, 0.25) is 10.0 Å². The topological polar surface area (TPSA) is 104 Å². The summed E-state index contributed by atoms with van der Waals surface area (Å²) in [6.45, 7) is 1.58. The van der Waals surface area contributed by atoms with Crippen LogP contribution in [0.4, 0.5) is 0 Å². The van der Waals surface area contributed by atoms with E-state index in [4.69, 9.17) is 11.6 Å². The molecule has 3 aromatic rings. The normalized spacial score (nSPS) is 13.2. The molecule has 0 fully saturated rings. The first-order valence-electron chi connectivity index (χ1n) is 7.33. The van der Waals surface area contributed by atoms with Crippen molar-refractivity contribution in [2.75, 3.05) is 12.3 Å². The second kappa shape index (κ2) is 7.42. The SMILES string of the molecule is CCS(=O)(=O)NCC(NC(=O)c1cc2scc(Cl)c2[nH]1)c1nccs1. The Hall–Kier alpha value is -1.46. The lowest BCUT2D eigenvalue weighted by Gasteiger charge is -2.16. The smallest absolute Gasteiger partial charge is 0.268 e. The molecule has 3 N–H and O–H groups in total. The fraction of sp³-hybridized carbons (Fsp3) is 0.286. The maximum absolute atomic E-state index is 12.5. The van der Waals surface area contributed by atoms with E-state index < -0.39 is 16.1 Å². The average Bonchev–Trinajstić information content (AvgIpc) is 3.30. The van der Waals surface area contributed by atoms with Crippen molar-refractivity contribution >= 4 is 60.4 Å². The highest BCUT2D eigenvalue weighted by atomic mass is 35.5. The zero-order valence-corrected chi connectivity index (χ0v) is 16.3. The van der Waals surface area contributed by atoms with E-state index in [0.29, 0.717) is 21.2 Å². The maximum Gasteiger partial charge on any atom is 0.268 e. The minimum atomic E-state index is -3.37. The van der Waals surface area contributed by atoms with Crippen LogP contribution in [0.3, 0.4) is 0 Å². The molecule has 1 amide bonds. The number of halogens is 1. The van der Waals surface area contributed by atoms with E-state index in [1.54, 1.807) is 29.9 Å². The second-order valence-electron chi connectivity index (χ2n) is 5.15. The van der Waals surface area contributed by atoms with Gasteiger partial charge in [0.1, 0.15) is 10.7 Å². The lowest BCUT2D eigenvalue weighted by atomic mass is 10.3. The summed E-state index contributed by atoms with van der Waals surface area (Å²) < 4.78 is 26.7. The van der Waals surface area contributed by atoms with Crippen molar-refractivity contribution in [1.29, 1.82) is 0 Å². The number of carbonyl (C=O) groups excluding carboxylic acids is 1. The number of hydrogen-bond acceptors (Lipinski definition) is 6. The Balaban J connectivity index is 1.78. The minimum Gasteiger partial charge on any atom is -0.349 e. The van der Waals surface area contributed by atoms with Gasteiger partial charge in [-0.2, -0.15) is 0 Å². The fourth-order valence-corrected chi connectivity index (χ4v) is 4.62. The van der Waals surface area contributed by atoms with Crippen LogP contribution in [0.5, 0.6) is 0 Å². The molecule has 134 valence electrons. The van der Waals surface area contributed by atoms with Crippen molar-refractivity contribution < 1.29 is 13.2 Å². The summed E-state index contributed by atoms with van der Waals surface area (Å²) >= 11 is 8.84. The Kier molecular flexibility index (Phi) is 5.44. The molecule has 0 aliphatic rings. The molecule has 0 aliphatic heterocycles. The predicted octanol–water partition coefficient (Wildman–Crippen LogP) is 2.75. The molecule has 7 nitrogen and oxygen atoms in total. The summed E-state index contributed by atoms with van der Waals surface area (Å²) in [5.74, 6) is -0.382. The van der Waals surface area contributed by atoms with Crippen LogP contribution >= 0.6 is 34.3 Å². The third kappa shape index (κ3) is 4.21. The summed E-state index contributed by atoms with van der Waals surface area (Å²) in [5.41, 5.74) is 1.08. The Bertz CT molecular complexity index is 978. The zero-order chi connectivity index (χ0) is 18.0. The summed E-state index contributed by atoms with van der Waals surface area (Å²) in [6, 6.07) is 1.15. The van der Waals surface area contributed by atoms with Gasteiger partial charge in [-0.05, 0) is 13.0 Å². The zero-order valence-electron chi connectivity index (χ0n) is 13.1. The van der Waals surface area contributed by atoms with Crippen LogP contribution in [0.1, 0.15) is 28.5 Å². The van der Waals surface area contributed by atoms with Gasteiger partial charge in [-0.25, -0.2) is 18.1 Å². The number of aromatic amines is 1. The van der Waals surface area contributed by atoms with Crippen LogP contribution < -0.4 is 10.0 Å². The molecular formula is C14H15ClN4O3S3. The van der Waals surface area contributed by atoms with Gasteiger partial charge >= 0.3 is 0 Å². The quantitative estimate of drug-likeness (QED) is 0.548. The number of carbonyl (C=O) groups is 1. The minimum absolute atomic E-state index is 0.0308. The fourth-order valence-electron chi connectivity index (χ4n) is 2.16. The number of nitrogens with zero attached hydrogens (tertiary/aromatic N) is 1. The number of fused-ring (bicyclic) bond motifs is 1. The summed E-state index contributed by atoms with van der Waals surface area (Å²) in [5, 5.41) is 7.56. The lowest BCUT2D eigenvalue weighted by molar-refractivity contribution is 0.0932. The van der Waals surface area contributed by atoms with Gasteiger partial charge in [0.25, 0.3) is 5.91 Å². The molecule has 11 heteroatoms. The van der Waals surface area contributed by atoms with Crippen LogP contribution in [0, 0.1) is 0 Å². The van der Waals surface area contributed by atoms with E-state index in [1.807, 2.05) is 0 Å². The summed E-state index contributed by atoms with van der Waals surface area (Å²) in [4.78, 5) is 19.7. The molecule has 0 bridgehead atoms. The van der Waals surface area contributed by atoms with E-state index in [0.717, 1.165) is 4.70 Å².